The van der Waals surface area contributed by atoms with E-state index in [4.69, 9.17) is 0 Å². The molecule has 0 aliphatic heterocycles. The van der Waals surface area contributed by atoms with Crippen LogP contribution >= 0.6 is 11.3 Å². The number of hydrogen-bond acceptors (Lipinski definition) is 5. The number of methoxy groups -OCH3 is 1. The fourth-order valence-corrected chi connectivity index (χ4v) is 2.58. The molecule has 0 spiro atoms. The van der Waals surface area contributed by atoms with Crippen LogP contribution in [0.1, 0.15) is 23.2 Å². The summed E-state index contributed by atoms with van der Waals surface area (Å²) in [6.45, 7) is 2.84. The standard InChI is InChI=1S/C15H18N2O2S/c1-11-4-3-5-12(8-11)9-16-15-17-13(10-20-15)6-7-14(18)19-2/h3-5,8,10H,6-7,9H2,1-2H3,(H,16,17). The smallest absolute Gasteiger partial charge is 0.305 e. The van der Waals surface area contributed by atoms with Gasteiger partial charge >= 0.3 is 5.97 Å². The van der Waals surface area contributed by atoms with Gasteiger partial charge in [-0.2, -0.15) is 0 Å². The molecule has 4 nitrogen and oxygen atoms in total. The third-order valence-corrected chi connectivity index (χ3v) is 3.74. The number of aromatic nitrogens is 1. The summed E-state index contributed by atoms with van der Waals surface area (Å²) < 4.78 is 4.62. The van der Waals surface area contributed by atoms with Crippen LogP contribution in [0.15, 0.2) is 29.6 Å². The number of hydrogen-bond donors (Lipinski definition) is 1. The summed E-state index contributed by atoms with van der Waals surface area (Å²) in [7, 11) is 1.40. The monoisotopic (exact) mass is 290 g/mol. The fraction of sp³-hybridized carbons (Fsp3) is 0.333. The number of aryl methyl sites for hydroxylation is 2. The van der Waals surface area contributed by atoms with E-state index in [1.54, 1.807) is 11.3 Å². The molecule has 1 N–H and O–H groups in total. The van der Waals surface area contributed by atoms with Crippen LogP contribution in [0.2, 0.25) is 0 Å². The first-order valence-electron chi connectivity index (χ1n) is 6.48. The lowest BCUT2D eigenvalue weighted by atomic mass is 10.1. The first kappa shape index (κ1) is 14.5. The Hall–Kier alpha value is -1.88. The van der Waals surface area contributed by atoms with Gasteiger partial charge in [-0.25, -0.2) is 4.98 Å². The molecule has 1 heterocycles. The van der Waals surface area contributed by atoms with Gasteiger partial charge in [0.25, 0.3) is 0 Å². The van der Waals surface area contributed by atoms with Gasteiger partial charge in [0.05, 0.1) is 19.2 Å². The second-order valence-corrected chi connectivity index (χ2v) is 5.42. The van der Waals surface area contributed by atoms with Gasteiger partial charge < -0.3 is 10.1 Å². The highest BCUT2D eigenvalue weighted by Crippen LogP contribution is 2.17. The Kier molecular flexibility index (Phi) is 5.12. The molecule has 0 bridgehead atoms. The number of thiazole rings is 1. The molecule has 0 radical (unpaired) electrons. The predicted molar refractivity (Wildman–Crippen MR) is 81.0 cm³/mol. The van der Waals surface area contributed by atoms with Crippen LogP contribution in [0.4, 0.5) is 5.13 Å². The van der Waals surface area contributed by atoms with Gasteiger partial charge in [0.15, 0.2) is 5.13 Å². The number of anilines is 1. The summed E-state index contributed by atoms with van der Waals surface area (Å²) in [4.78, 5) is 15.5. The van der Waals surface area contributed by atoms with Gasteiger partial charge in [0, 0.05) is 18.3 Å². The number of benzene rings is 1. The second kappa shape index (κ2) is 7.05. The SMILES string of the molecule is COC(=O)CCc1csc(NCc2cccc(C)c2)n1. The molecule has 0 saturated carbocycles. The van der Waals surface area contributed by atoms with Crippen molar-refractivity contribution in [1.29, 1.82) is 0 Å². The lowest BCUT2D eigenvalue weighted by Gasteiger charge is -2.03. The summed E-state index contributed by atoms with van der Waals surface area (Å²) in [5.41, 5.74) is 3.41. The number of nitrogens with zero attached hydrogens (tertiary/aromatic N) is 1. The van der Waals surface area contributed by atoms with Crippen molar-refractivity contribution < 1.29 is 9.53 Å². The highest BCUT2D eigenvalue weighted by Gasteiger charge is 2.05. The van der Waals surface area contributed by atoms with Crippen molar-refractivity contribution in [3.05, 3.63) is 46.5 Å². The molecule has 0 fully saturated rings. The minimum absolute atomic E-state index is 0.202. The van der Waals surface area contributed by atoms with E-state index < -0.39 is 0 Å². The zero-order chi connectivity index (χ0) is 14.4. The van der Waals surface area contributed by atoms with E-state index in [2.05, 4.69) is 46.2 Å². The van der Waals surface area contributed by atoms with Gasteiger partial charge in [-0.05, 0) is 12.5 Å². The van der Waals surface area contributed by atoms with Crippen LogP contribution in [-0.2, 0) is 22.5 Å². The molecule has 0 unspecified atom stereocenters. The maximum Gasteiger partial charge on any atom is 0.305 e. The highest BCUT2D eigenvalue weighted by atomic mass is 32.1. The predicted octanol–water partition coefficient (Wildman–Crippen LogP) is 3.17. The normalized spacial score (nSPS) is 10.3. The van der Waals surface area contributed by atoms with E-state index >= 15 is 0 Å². The van der Waals surface area contributed by atoms with Gasteiger partial charge in [0.1, 0.15) is 0 Å². The summed E-state index contributed by atoms with van der Waals surface area (Å²) in [5.74, 6) is -0.202. The van der Waals surface area contributed by atoms with E-state index in [9.17, 15) is 4.79 Å². The lowest BCUT2D eigenvalue weighted by Crippen LogP contribution is -2.02. The van der Waals surface area contributed by atoms with Gasteiger partial charge in [0.2, 0.25) is 0 Å². The van der Waals surface area contributed by atoms with Gasteiger partial charge in [-0.15, -0.1) is 11.3 Å². The Morgan fingerprint density at radius 2 is 2.30 bits per heavy atom. The Morgan fingerprint density at radius 1 is 1.45 bits per heavy atom. The van der Waals surface area contributed by atoms with E-state index in [0.717, 1.165) is 17.4 Å². The molecule has 1 aromatic heterocycles. The fourth-order valence-electron chi connectivity index (χ4n) is 1.83. The van der Waals surface area contributed by atoms with Crippen LogP contribution in [0, 0.1) is 6.92 Å². The van der Waals surface area contributed by atoms with Crippen LogP contribution in [-0.4, -0.2) is 18.1 Å². The minimum atomic E-state index is -0.202. The largest absolute Gasteiger partial charge is 0.469 e. The zero-order valence-electron chi connectivity index (χ0n) is 11.7. The summed E-state index contributed by atoms with van der Waals surface area (Å²) >= 11 is 1.56. The first-order chi connectivity index (χ1) is 9.67. The molecule has 0 amide bonds. The molecule has 106 valence electrons. The van der Waals surface area contributed by atoms with Crippen molar-refractivity contribution in [3.63, 3.8) is 0 Å². The number of ether oxygens (including phenoxy) is 1. The van der Waals surface area contributed by atoms with Crippen molar-refractivity contribution in [1.82, 2.24) is 4.98 Å². The summed E-state index contributed by atoms with van der Waals surface area (Å²) in [5, 5.41) is 6.16. The average Bonchev–Trinajstić information content (AvgIpc) is 2.90. The third kappa shape index (κ3) is 4.35. The molecule has 0 saturated heterocycles. The van der Waals surface area contributed by atoms with Crippen LogP contribution in [0.25, 0.3) is 0 Å². The summed E-state index contributed by atoms with van der Waals surface area (Å²) in [6, 6.07) is 8.37. The third-order valence-electron chi connectivity index (χ3n) is 2.89. The average molecular weight is 290 g/mol. The molecule has 5 heteroatoms. The van der Waals surface area contributed by atoms with Crippen molar-refractivity contribution in [2.45, 2.75) is 26.3 Å². The number of rotatable bonds is 6. The molecule has 2 aromatic rings. The van der Waals surface area contributed by atoms with Gasteiger partial charge in [-0.3, -0.25) is 4.79 Å². The Bertz CT molecular complexity index is 581. The molecule has 1 aromatic carbocycles. The topological polar surface area (TPSA) is 51.2 Å². The van der Waals surface area contributed by atoms with Crippen molar-refractivity contribution in [3.8, 4) is 0 Å². The van der Waals surface area contributed by atoms with Crippen LogP contribution < -0.4 is 5.32 Å². The number of esters is 1. The maximum atomic E-state index is 11.1. The van der Waals surface area contributed by atoms with Crippen LogP contribution in [0.5, 0.6) is 0 Å². The van der Waals surface area contributed by atoms with E-state index in [1.807, 2.05) is 5.38 Å². The molecular formula is C15H18N2O2S. The minimum Gasteiger partial charge on any atom is -0.469 e. The zero-order valence-corrected chi connectivity index (χ0v) is 12.5. The Morgan fingerprint density at radius 3 is 3.05 bits per heavy atom. The Balaban J connectivity index is 1.85. The molecule has 0 atom stereocenters. The Labute approximate surface area is 122 Å². The molecular weight excluding hydrogens is 272 g/mol. The molecule has 0 aliphatic rings. The quantitative estimate of drug-likeness (QED) is 0.830. The van der Waals surface area contributed by atoms with E-state index in [0.29, 0.717) is 12.8 Å². The number of carbonyl (C=O) groups is 1. The van der Waals surface area contributed by atoms with E-state index in [1.165, 1.54) is 18.2 Å². The highest BCUT2D eigenvalue weighted by molar-refractivity contribution is 7.13. The molecule has 2 rings (SSSR count). The van der Waals surface area contributed by atoms with Crippen molar-refractivity contribution in [2.24, 2.45) is 0 Å². The van der Waals surface area contributed by atoms with E-state index in [-0.39, 0.29) is 5.97 Å². The van der Waals surface area contributed by atoms with Gasteiger partial charge in [-0.1, -0.05) is 29.8 Å². The maximum absolute atomic E-state index is 11.1. The van der Waals surface area contributed by atoms with Crippen LogP contribution in [0.3, 0.4) is 0 Å². The molecule has 0 aliphatic carbocycles. The summed E-state index contributed by atoms with van der Waals surface area (Å²) in [6.07, 6.45) is 0.993. The number of carbonyl (C=O) groups excluding carboxylic acids is 1. The van der Waals surface area contributed by atoms with Crippen molar-refractivity contribution >= 4 is 22.4 Å². The van der Waals surface area contributed by atoms with Crippen molar-refractivity contribution in [2.75, 3.05) is 12.4 Å². The second-order valence-electron chi connectivity index (χ2n) is 4.56. The first-order valence-corrected chi connectivity index (χ1v) is 7.36. The number of nitrogens with one attached hydrogen (secondary N) is 1. The lowest BCUT2D eigenvalue weighted by molar-refractivity contribution is -0.140. The molecule has 20 heavy (non-hydrogen) atoms.